The Labute approximate surface area is 199 Å². The van der Waals surface area contributed by atoms with Crippen molar-refractivity contribution in [3.05, 3.63) is 83.4 Å². The average molecular weight is 482 g/mol. The minimum absolute atomic E-state index is 0.0620. The fraction of sp³-hybridized carbons (Fsp3) is 0.200. The number of carbonyl (C=O) groups is 1. The fourth-order valence-corrected chi connectivity index (χ4v) is 4.67. The SMILES string of the molecule is COc1ccccc1/C=N\NC(=O)CN(c1cc(C)ccc1OC)S(=O)(=O)c1ccc(C)cc1. The molecule has 1 amide bonds. The number of hydrogen-bond acceptors (Lipinski definition) is 6. The van der Waals surface area contributed by atoms with Crippen LogP contribution in [0.25, 0.3) is 0 Å². The number of methoxy groups -OCH3 is 2. The van der Waals surface area contributed by atoms with E-state index in [9.17, 15) is 13.2 Å². The lowest BCUT2D eigenvalue weighted by Gasteiger charge is -2.25. The predicted molar refractivity (Wildman–Crippen MR) is 132 cm³/mol. The van der Waals surface area contributed by atoms with Gasteiger partial charge in [-0.3, -0.25) is 9.10 Å². The highest BCUT2D eigenvalue weighted by Gasteiger charge is 2.29. The number of hydrazone groups is 1. The van der Waals surface area contributed by atoms with Crippen LogP contribution in [0.5, 0.6) is 11.5 Å². The van der Waals surface area contributed by atoms with Crippen molar-refractivity contribution in [3.63, 3.8) is 0 Å². The zero-order valence-corrected chi connectivity index (χ0v) is 20.3. The van der Waals surface area contributed by atoms with E-state index >= 15 is 0 Å². The number of rotatable bonds is 9. The number of para-hydroxylation sites is 1. The van der Waals surface area contributed by atoms with Gasteiger partial charge in [0, 0.05) is 5.56 Å². The quantitative estimate of drug-likeness (QED) is 0.372. The molecular formula is C25H27N3O5S. The molecule has 0 heterocycles. The van der Waals surface area contributed by atoms with Crippen LogP contribution in [0.15, 0.2) is 76.7 Å². The summed E-state index contributed by atoms with van der Waals surface area (Å²) in [5.74, 6) is 0.297. The van der Waals surface area contributed by atoms with Gasteiger partial charge in [-0.1, -0.05) is 35.9 Å². The molecule has 34 heavy (non-hydrogen) atoms. The summed E-state index contributed by atoms with van der Waals surface area (Å²) in [6.07, 6.45) is 1.43. The van der Waals surface area contributed by atoms with E-state index in [2.05, 4.69) is 10.5 Å². The summed E-state index contributed by atoms with van der Waals surface area (Å²) in [5, 5.41) is 3.97. The first-order valence-corrected chi connectivity index (χ1v) is 11.9. The molecule has 0 spiro atoms. The standard InChI is InChI=1S/C25H27N3O5S/c1-18-9-12-21(13-10-18)34(30,31)28(22-15-19(2)11-14-24(22)33-4)17-25(29)27-26-16-20-7-5-6-8-23(20)32-3/h5-16H,17H2,1-4H3,(H,27,29)/b26-16-. The third-order valence-electron chi connectivity index (χ3n) is 5.03. The lowest BCUT2D eigenvalue weighted by atomic mass is 10.2. The molecule has 0 saturated heterocycles. The molecule has 0 aliphatic carbocycles. The van der Waals surface area contributed by atoms with E-state index in [0.29, 0.717) is 17.1 Å². The Hall–Kier alpha value is -3.85. The number of sulfonamides is 1. The summed E-state index contributed by atoms with van der Waals surface area (Å²) in [4.78, 5) is 12.8. The van der Waals surface area contributed by atoms with Gasteiger partial charge in [-0.25, -0.2) is 13.8 Å². The maximum Gasteiger partial charge on any atom is 0.264 e. The maximum atomic E-state index is 13.6. The van der Waals surface area contributed by atoms with Gasteiger partial charge >= 0.3 is 0 Å². The Morgan fingerprint density at radius 2 is 1.59 bits per heavy atom. The topological polar surface area (TPSA) is 97.3 Å². The minimum Gasteiger partial charge on any atom is -0.496 e. The van der Waals surface area contributed by atoms with Crippen molar-refractivity contribution in [2.24, 2.45) is 5.10 Å². The number of hydrogen-bond donors (Lipinski definition) is 1. The molecule has 0 bridgehead atoms. The van der Waals surface area contributed by atoms with Crippen LogP contribution in [0, 0.1) is 13.8 Å². The van der Waals surface area contributed by atoms with E-state index in [1.807, 2.05) is 26.0 Å². The number of carbonyl (C=O) groups excluding carboxylic acids is 1. The number of aryl methyl sites for hydroxylation is 2. The highest BCUT2D eigenvalue weighted by molar-refractivity contribution is 7.92. The van der Waals surface area contributed by atoms with Crippen molar-refractivity contribution in [1.29, 1.82) is 0 Å². The predicted octanol–water partition coefficient (Wildman–Crippen LogP) is 3.67. The Kier molecular flexibility index (Phi) is 7.91. The second kappa shape index (κ2) is 10.8. The maximum absolute atomic E-state index is 13.6. The van der Waals surface area contributed by atoms with E-state index in [-0.39, 0.29) is 10.6 Å². The number of benzene rings is 3. The molecule has 3 rings (SSSR count). The second-order valence-corrected chi connectivity index (χ2v) is 9.40. The second-order valence-electron chi connectivity index (χ2n) is 7.54. The summed E-state index contributed by atoms with van der Waals surface area (Å²) >= 11 is 0. The summed E-state index contributed by atoms with van der Waals surface area (Å²) in [5.41, 5.74) is 5.05. The zero-order valence-electron chi connectivity index (χ0n) is 19.5. The minimum atomic E-state index is -4.08. The molecule has 0 aliphatic heterocycles. The third-order valence-corrected chi connectivity index (χ3v) is 6.81. The van der Waals surface area contributed by atoms with E-state index < -0.39 is 22.5 Å². The molecule has 3 aromatic carbocycles. The fourth-order valence-electron chi connectivity index (χ4n) is 3.24. The number of ether oxygens (including phenoxy) is 2. The van der Waals surface area contributed by atoms with Crippen molar-refractivity contribution in [1.82, 2.24) is 5.43 Å². The van der Waals surface area contributed by atoms with Crippen molar-refractivity contribution in [2.45, 2.75) is 18.7 Å². The highest BCUT2D eigenvalue weighted by atomic mass is 32.2. The van der Waals surface area contributed by atoms with Crippen molar-refractivity contribution in [3.8, 4) is 11.5 Å². The van der Waals surface area contributed by atoms with Crippen LogP contribution in [0.4, 0.5) is 5.69 Å². The molecule has 1 N–H and O–H groups in total. The summed E-state index contributed by atoms with van der Waals surface area (Å²) in [6.45, 7) is 3.20. The molecule has 0 aliphatic rings. The Balaban J connectivity index is 1.93. The number of anilines is 1. The molecule has 3 aromatic rings. The van der Waals surface area contributed by atoms with E-state index in [1.54, 1.807) is 42.5 Å². The van der Waals surface area contributed by atoms with Gasteiger partial charge in [-0.05, 0) is 55.8 Å². The lowest BCUT2D eigenvalue weighted by Crippen LogP contribution is -2.39. The molecule has 178 valence electrons. The van der Waals surface area contributed by atoms with Crippen LogP contribution in [-0.2, 0) is 14.8 Å². The van der Waals surface area contributed by atoms with Gasteiger partial charge in [0.2, 0.25) is 0 Å². The van der Waals surface area contributed by atoms with Gasteiger partial charge in [0.05, 0.1) is 31.0 Å². The molecule has 0 aromatic heterocycles. The normalized spacial score (nSPS) is 11.3. The third kappa shape index (κ3) is 5.74. The molecular weight excluding hydrogens is 454 g/mol. The molecule has 0 saturated carbocycles. The number of nitrogens with zero attached hydrogens (tertiary/aromatic N) is 2. The first-order valence-electron chi connectivity index (χ1n) is 10.4. The molecule has 9 heteroatoms. The summed E-state index contributed by atoms with van der Waals surface area (Å²) in [6, 6.07) is 18.7. The average Bonchev–Trinajstić information content (AvgIpc) is 2.83. The van der Waals surface area contributed by atoms with Crippen LogP contribution >= 0.6 is 0 Å². The van der Waals surface area contributed by atoms with Gasteiger partial charge in [-0.15, -0.1) is 0 Å². The van der Waals surface area contributed by atoms with Crippen LogP contribution in [0.2, 0.25) is 0 Å². The van der Waals surface area contributed by atoms with Crippen molar-refractivity contribution in [2.75, 3.05) is 25.1 Å². The van der Waals surface area contributed by atoms with Crippen LogP contribution < -0.4 is 19.2 Å². The van der Waals surface area contributed by atoms with Gasteiger partial charge in [0.15, 0.2) is 0 Å². The number of amides is 1. The van der Waals surface area contributed by atoms with Gasteiger partial charge in [0.1, 0.15) is 18.0 Å². The van der Waals surface area contributed by atoms with Gasteiger partial charge in [-0.2, -0.15) is 5.10 Å². The Morgan fingerprint density at radius 3 is 2.26 bits per heavy atom. The highest BCUT2D eigenvalue weighted by Crippen LogP contribution is 2.33. The van der Waals surface area contributed by atoms with E-state index in [0.717, 1.165) is 15.4 Å². The van der Waals surface area contributed by atoms with Gasteiger partial charge < -0.3 is 9.47 Å². The van der Waals surface area contributed by atoms with E-state index in [4.69, 9.17) is 9.47 Å². The molecule has 0 fully saturated rings. The largest absolute Gasteiger partial charge is 0.496 e. The Bertz CT molecular complexity index is 1290. The monoisotopic (exact) mass is 481 g/mol. The molecule has 0 unspecified atom stereocenters. The van der Waals surface area contributed by atoms with Crippen LogP contribution in [-0.4, -0.2) is 41.3 Å². The van der Waals surface area contributed by atoms with E-state index in [1.165, 1.54) is 32.6 Å². The molecule has 0 atom stereocenters. The smallest absolute Gasteiger partial charge is 0.264 e. The first-order chi connectivity index (χ1) is 16.3. The molecule has 8 nitrogen and oxygen atoms in total. The summed E-state index contributed by atoms with van der Waals surface area (Å²) in [7, 11) is -1.10. The first kappa shape index (κ1) is 24.8. The zero-order chi connectivity index (χ0) is 24.7. The van der Waals surface area contributed by atoms with Crippen molar-refractivity contribution >= 4 is 27.8 Å². The van der Waals surface area contributed by atoms with Crippen LogP contribution in [0.1, 0.15) is 16.7 Å². The van der Waals surface area contributed by atoms with Crippen LogP contribution in [0.3, 0.4) is 0 Å². The summed E-state index contributed by atoms with van der Waals surface area (Å²) < 4.78 is 38.8. The van der Waals surface area contributed by atoms with Crippen molar-refractivity contribution < 1.29 is 22.7 Å². The van der Waals surface area contributed by atoms with Gasteiger partial charge in [0.25, 0.3) is 15.9 Å². The molecule has 0 radical (unpaired) electrons. The number of nitrogens with one attached hydrogen (secondary N) is 1. The lowest BCUT2D eigenvalue weighted by molar-refractivity contribution is -0.119. The Morgan fingerprint density at radius 1 is 0.941 bits per heavy atom.